The highest BCUT2D eigenvalue weighted by Gasteiger charge is 2.32. The molecule has 3 N–H and O–H groups in total. The van der Waals surface area contributed by atoms with Crippen LogP contribution in [-0.4, -0.2) is 41.1 Å². The average molecular weight is 226 g/mol. The first-order valence-electron chi connectivity index (χ1n) is 6.37. The van der Waals surface area contributed by atoms with Gasteiger partial charge in [0.1, 0.15) is 0 Å². The van der Waals surface area contributed by atoms with Crippen LogP contribution in [0.3, 0.4) is 0 Å². The van der Waals surface area contributed by atoms with Gasteiger partial charge in [0.25, 0.3) is 0 Å². The predicted octanol–water partition coefficient (Wildman–Crippen LogP) is 0.487. The molecule has 1 saturated carbocycles. The number of carbonyl (C=O) groups is 1. The Morgan fingerprint density at radius 2 is 1.94 bits per heavy atom. The Morgan fingerprint density at radius 3 is 2.44 bits per heavy atom. The van der Waals surface area contributed by atoms with E-state index in [0.717, 1.165) is 45.2 Å². The molecular formula is C12H22N2O2. The van der Waals surface area contributed by atoms with Crippen molar-refractivity contribution >= 4 is 5.91 Å². The zero-order chi connectivity index (χ0) is 11.5. The van der Waals surface area contributed by atoms with Crippen LogP contribution in [0.25, 0.3) is 0 Å². The van der Waals surface area contributed by atoms with Crippen molar-refractivity contribution in [3.8, 4) is 0 Å². The van der Waals surface area contributed by atoms with Gasteiger partial charge in [0.15, 0.2) is 0 Å². The normalized spacial score (nSPS) is 33.1. The van der Waals surface area contributed by atoms with E-state index in [-0.39, 0.29) is 12.0 Å². The standard InChI is InChI=1S/C12H22N2O2/c13-12(16)8-9-4-6-14(7-5-9)10-2-1-3-11(10)15/h9-11,15H,1-8H2,(H2,13,16)/t10-,11-/m1/s1. The van der Waals surface area contributed by atoms with Gasteiger partial charge in [-0.1, -0.05) is 0 Å². The lowest BCUT2D eigenvalue weighted by Gasteiger charge is -2.37. The SMILES string of the molecule is NC(=O)CC1CCN([C@@H]2CCC[C@H]2O)CC1. The minimum absolute atomic E-state index is 0.132. The third-order valence-corrected chi connectivity index (χ3v) is 4.05. The second-order valence-corrected chi connectivity index (χ2v) is 5.22. The number of amides is 1. The van der Waals surface area contributed by atoms with Crippen molar-refractivity contribution in [2.75, 3.05) is 13.1 Å². The number of likely N-dealkylation sites (tertiary alicyclic amines) is 1. The summed E-state index contributed by atoms with van der Waals surface area (Å²) in [6, 6.07) is 0.370. The van der Waals surface area contributed by atoms with Crippen molar-refractivity contribution in [1.29, 1.82) is 0 Å². The molecule has 2 fully saturated rings. The van der Waals surface area contributed by atoms with Crippen molar-refractivity contribution in [2.24, 2.45) is 11.7 Å². The summed E-state index contributed by atoms with van der Waals surface area (Å²) in [5.74, 6) is 0.284. The Labute approximate surface area is 96.8 Å². The summed E-state index contributed by atoms with van der Waals surface area (Å²) in [5.41, 5.74) is 5.21. The van der Waals surface area contributed by atoms with Gasteiger partial charge in [-0.05, 0) is 51.1 Å². The maximum Gasteiger partial charge on any atom is 0.217 e. The topological polar surface area (TPSA) is 66.6 Å². The van der Waals surface area contributed by atoms with Gasteiger partial charge in [0.05, 0.1) is 6.10 Å². The molecule has 0 spiro atoms. The number of aliphatic hydroxyl groups is 1. The Kier molecular flexibility index (Phi) is 3.82. The maximum atomic E-state index is 10.8. The van der Waals surface area contributed by atoms with Gasteiger partial charge in [0, 0.05) is 12.5 Å². The molecule has 0 unspecified atom stereocenters. The molecule has 1 amide bonds. The first kappa shape index (κ1) is 11.9. The van der Waals surface area contributed by atoms with Crippen LogP contribution in [0.2, 0.25) is 0 Å². The molecule has 2 rings (SSSR count). The summed E-state index contributed by atoms with van der Waals surface area (Å²) < 4.78 is 0. The molecule has 0 aromatic rings. The summed E-state index contributed by atoms with van der Waals surface area (Å²) >= 11 is 0. The smallest absolute Gasteiger partial charge is 0.217 e. The van der Waals surface area contributed by atoms with Crippen molar-refractivity contribution < 1.29 is 9.90 Å². The Balaban J connectivity index is 1.78. The fraction of sp³-hybridized carbons (Fsp3) is 0.917. The maximum absolute atomic E-state index is 10.8. The second kappa shape index (κ2) is 5.15. The molecule has 0 aromatic heterocycles. The van der Waals surface area contributed by atoms with Crippen LogP contribution >= 0.6 is 0 Å². The van der Waals surface area contributed by atoms with Crippen LogP contribution in [0.1, 0.15) is 38.5 Å². The molecular weight excluding hydrogens is 204 g/mol. The van der Waals surface area contributed by atoms with E-state index in [2.05, 4.69) is 4.90 Å². The van der Waals surface area contributed by atoms with E-state index in [1.807, 2.05) is 0 Å². The van der Waals surface area contributed by atoms with Crippen molar-refractivity contribution in [3.63, 3.8) is 0 Å². The lowest BCUT2D eigenvalue weighted by molar-refractivity contribution is -0.119. The Hall–Kier alpha value is -0.610. The largest absolute Gasteiger partial charge is 0.391 e. The number of rotatable bonds is 3. The number of aliphatic hydroxyl groups excluding tert-OH is 1. The molecule has 1 aliphatic carbocycles. The zero-order valence-electron chi connectivity index (χ0n) is 9.77. The van der Waals surface area contributed by atoms with Gasteiger partial charge >= 0.3 is 0 Å². The molecule has 92 valence electrons. The van der Waals surface area contributed by atoms with Gasteiger partial charge in [-0.25, -0.2) is 0 Å². The number of nitrogens with two attached hydrogens (primary N) is 1. The van der Waals surface area contributed by atoms with E-state index in [9.17, 15) is 9.90 Å². The van der Waals surface area contributed by atoms with Crippen LogP contribution in [0, 0.1) is 5.92 Å². The number of nitrogens with zero attached hydrogens (tertiary/aromatic N) is 1. The molecule has 1 saturated heterocycles. The highest BCUT2D eigenvalue weighted by Crippen LogP contribution is 2.29. The minimum Gasteiger partial charge on any atom is -0.391 e. The fourth-order valence-electron chi connectivity index (χ4n) is 3.12. The molecule has 2 atom stereocenters. The fourth-order valence-corrected chi connectivity index (χ4v) is 3.12. The van der Waals surface area contributed by atoms with E-state index in [1.54, 1.807) is 0 Å². The lowest BCUT2D eigenvalue weighted by Crippen LogP contribution is -2.45. The van der Waals surface area contributed by atoms with Crippen molar-refractivity contribution in [1.82, 2.24) is 4.90 Å². The molecule has 2 aliphatic rings. The molecule has 0 bridgehead atoms. The van der Waals surface area contributed by atoms with E-state index in [1.165, 1.54) is 0 Å². The molecule has 4 heteroatoms. The number of piperidine rings is 1. The first-order chi connectivity index (χ1) is 7.66. The van der Waals surface area contributed by atoms with E-state index in [0.29, 0.717) is 18.4 Å². The third-order valence-electron chi connectivity index (χ3n) is 4.05. The summed E-state index contributed by atoms with van der Waals surface area (Å²) in [5, 5.41) is 9.84. The van der Waals surface area contributed by atoms with E-state index >= 15 is 0 Å². The van der Waals surface area contributed by atoms with Crippen LogP contribution in [0.15, 0.2) is 0 Å². The van der Waals surface area contributed by atoms with Gasteiger partial charge < -0.3 is 10.8 Å². The zero-order valence-corrected chi connectivity index (χ0v) is 9.77. The van der Waals surface area contributed by atoms with E-state index in [4.69, 9.17) is 5.73 Å². The van der Waals surface area contributed by atoms with Gasteiger partial charge in [-0.2, -0.15) is 0 Å². The predicted molar refractivity (Wildman–Crippen MR) is 61.8 cm³/mol. The quantitative estimate of drug-likeness (QED) is 0.736. The number of carbonyl (C=O) groups excluding carboxylic acids is 1. The highest BCUT2D eigenvalue weighted by molar-refractivity contribution is 5.73. The summed E-state index contributed by atoms with van der Waals surface area (Å²) in [6.45, 7) is 2.03. The molecule has 0 aromatic carbocycles. The van der Waals surface area contributed by atoms with E-state index < -0.39 is 0 Å². The highest BCUT2D eigenvalue weighted by atomic mass is 16.3. The molecule has 1 aliphatic heterocycles. The van der Waals surface area contributed by atoms with Crippen LogP contribution < -0.4 is 5.73 Å². The third kappa shape index (κ3) is 2.74. The van der Waals surface area contributed by atoms with Crippen LogP contribution in [0.5, 0.6) is 0 Å². The Morgan fingerprint density at radius 1 is 1.25 bits per heavy atom. The lowest BCUT2D eigenvalue weighted by atomic mass is 9.92. The molecule has 1 heterocycles. The molecule has 0 radical (unpaired) electrons. The minimum atomic E-state index is -0.181. The van der Waals surface area contributed by atoms with Gasteiger partial charge in [-0.15, -0.1) is 0 Å². The molecule has 16 heavy (non-hydrogen) atoms. The van der Waals surface area contributed by atoms with Crippen molar-refractivity contribution in [2.45, 2.75) is 50.7 Å². The summed E-state index contributed by atoms with van der Waals surface area (Å²) in [6.07, 6.45) is 5.72. The number of hydrogen-bond donors (Lipinski definition) is 2. The van der Waals surface area contributed by atoms with Crippen LogP contribution in [-0.2, 0) is 4.79 Å². The Bertz CT molecular complexity index is 249. The summed E-state index contributed by atoms with van der Waals surface area (Å²) in [4.78, 5) is 13.2. The number of hydrogen-bond acceptors (Lipinski definition) is 3. The van der Waals surface area contributed by atoms with Crippen LogP contribution in [0.4, 0.5) is 0 Å². The number of primary amides is 1. The van der Waals surface area contributed by atoms with Gasteiger partial charge in [-0.3, -0.25) is 9.69 Å². The monoisotopic (exact) mass is 226 g/mol. The average Bonchev–Trinajstić information content (AvgIpc) is 2.65. The van der Waals surface area contributed by atoms with Crippen molar-refractivity contribution in [3.05, 3.63) is 0 Å². The van der Waals surface area contributed by atoms with Gasteiger partial charge in [0.2, 0.25) is 5.91 Å². The first-order valence-corrected chi connectivity index (χ1v) is 6.37. The molecule has 4 nitrogen and oxygen atoms in total. The summed E-state index contributed by atoms with van der Waals surface area (Å²) in [7, 11) is 0. The second-order valence-electron chi connectivity index (χ2n) is 5.22.